The Hall–Kier alpha value is -0.710. The number of carbonyl (C=O) groups is 1. The van der Waals surface area contributed by atoms with Gasteiger partial charge in [0.05, 0.1) is 11.5 Å². The number of ketones is 1. The average Bonchev–Trinajstić information content (AvgIpc) is 2.77. The Bertz CT molecular complexity index is 366. The molecule has 3 nitrogen and oxygen atoms in total. The first-order chi connectivity index (χ1) is 8.25. The molecule has 2 rings (SSSR count). The lowest BCUT2D eigenvalue weighted by Crippen LogP contribution is -2.21. The van der Waals surface area contributed by atoms with Gasteiger partial charge in [0.15, 0.2) is 5.78 Å². The Morgan fingerprint density at radius 3 is 2.88 bits per heavy atom. The van der Waals surface area contributed by atoms with Crippen molar-refractivity contribution in [2.75, 3.05) is 26.4 Å². The molecule has 0 bridgehead atoms. The molecule has 0 amide bonds. The maximum Gasteiger partial charge on any atom is 0.198 e. The van der Waals surface area contributed by atoms with Crippen LogP contribution in [0.1, 0.15) is 27.4 Å². The Labute approximate surface area is 106 Å². The Morgan fingerprint density at radius 1 is 1.47 bits per heavy atom. The molecule has 1 fully saturated rings. The van der Waals surface area contributed by atoms with E-state index >= 15 is 0 Å². The molecule has 17 heavy (non-hydrogen) atoms. The number of Topliss-reactive ketones (excluding diaryl/α,β-unsaturated/α-hetero) is 1. The lowest BCUT2D eigenvalue weighted by molar-refractivity contribution is 0.0217. The van der Waals surface area contributed by atoms with Gasteiger partial charge in [-0.25, -0.2) is 0 Å². The van der Waals surface area contributed by atoms with Crippen LogP contribution in [0.4, 0.5) is 0 Å². The summed E-state index contributed by atoms with van der Waals surface area (Å²) in [6.07, 6.45) is 2.10. The highest BCUT2D eigenvalue weighted by Crippen LogP contribution is 2.17. The van der Waals surface area contributed by atoms with Gasteiger partial charge in [-0.3, -0.25) is 4.79 Å². The molecule has 0 unspecified atom stereocenters. The molecule has 1 aromatic heterocycles. The summed E-state index contributed by atoms with van der Waals surface area (Å²) >= 11 is 1.53. The normalized spacial score (nSPS) is 17.2. The first-order valence-electron chi connectivity index (χ1n) is 6.01. The molecule has 94 valence electrons. The molecule has 0 aliphatic carbocycles. The summed E-state index contributed by atoms with van der Waals surface area (Å²) in [5, 5.41) is 0. The quantitative estimate of drug-likeness (QED) is 0.758. The standard InChI is InChI=1S/C13H18O3S/c1-10-2-3-13(17-10)12(14)9-16-8-11-4-6-15-7-5-11/h2-3,11H,4-9H2,1H3. The molecule has 0 aromatic carbocycles. The highest BCUT2D eigenvalue weighted by atomic mass is 32.1. The average molecular weight is 254 g/mol. The molecule has 1 aromatic rings. The van der Waals surface area contributed by atoms with Crippen LogP contribution in [0.5, 0.6) is 0 Å². The fourth-order valence-corrected chi connectivity index (χ4v) is 2.68. The first-order valence-corrected chi connectivity index (χ1v) is 6.82. The number of aryl methyl sites for hydroxylation is 1. The zero-order valence-corrected chi connectivity index (χ0v) is 10.9. The molecule has 0 N–H and O–H groups in total. The molecule has 0 atom stereocenters. The van der Waals surface area contributed by atoms with Gasteiger partial charge in [-0.2, -0.15) is 0 Å². The van der Waals surface area contributed by atoms with Crippen molar-refractivity contribution in [1.82, 2.24) is 0 Å². The minimum atomic E-state index is 0.0927. The van der Waals surface area contributed by atoms with Gasteiger partial charge in [-0.1, -0.05) is 0 Å². The fourth-order valence-electron chi connectivity index (χ4n) is 1.89. The molecule has 0 saturated carbocycles. The summed E-state index contributed by atoms with van der Waals surface area (Å²) in [6.45, 7) is 4.54. The van der Waals surface area contributed by atoms with Crippen molar-refractivity contribution in [2.45, 2.75) is 19.8 Å². The molecule has 2 heterocycles. The minimum absolute atomic E-state index is 0.0927. The van der Waals surface area contributed by atoms with Crippen molar-refractivity contribution < 1.29 is 14.3 Å². The first kappa shape index (κ1) is 12.7. The predicted octanol–water partition coefficient (Wildman–Crippen LogP) is 2.68. The maximum atomic E-state index is 11.8. The second-order valence-electron chi connectivity index (χ2n) is 4.40. The van der Waals surface area contributed by atoms with Gasteiger partial charge in [-0.05, 0) is 37.8 Å². The van der Waals surface area contributed by atoms with Crippen LogP contribution < -0.4 is 0 Å². The number of ether oxygens (including phenoxy) is 2. The van der Waals surface area contributed by atoms with Crippen molar-refractivity contribution >= 4 is 17.1 Å². The number of rotatable bonds is 5. The molecule has 0 spiro atoms. The molecule has 1 aliphatic rings. The molecule has 4 heteroatoms. The second kappa shape index (κ2) is 6.28. The summed E-state index contributed by atoms with van der Waals surface area (Å²) in [5.74, 6) is 0.650. The van der Waals surface area contributed by atoms with Crippen LogP contribution in [0, 0.1) is 12.8 Å². The summed E-state index contributed by atoms with van der Waals surface area (Å²) in [4.78, 5) is 13.7. The third-order valence-electron chi connectivity index (χ3n) is 2.94. The zero-order valence-electron chi connectivity index (χ0n) is 10.1. The van der Waals surface area contributed by atoms with E-state index in [2.05, 4.69) is 0 Å². The fraction of sp³-hybridized carbons (Fsp3) is 0.615. The third kappa shape index (κ3) is 3.91. The van der Waals surface area contributed by atoms with E-state index in [-0.39, 0.29) is 12.4 Å². The summed E-state index contributed by atoms with van der Waals surface area (Å²) in [5.41, 5.74) is 0. The van der Waals surface area contributed by atoms with Crippen molar-refractivity contribution in [3.8, 4) is 0 Å². The lowest BCUT2D eigenvalue weighted by Gasteiger charge is -2.21. The number of thiophene rings is 1. The van der Waals surface area contributed by atoms with Crippen molar-refractivity contribution in [2.24, 2.45) is 5.92 Å². The zero-order chi connectivity index (χ0) is 12.1. The molecule has 1 aliphatic heterocycles. The Kier molecular flexibility index (Phi) is 4.71. The van der Waals surface area contributed by atoms with Gasteiger partial charge in [0, 0.05) is 18.1 Å². The van der Waals surface area contributed by atoms with Gasteiger partial charge < -0.3 is 9.47 Å². The minimum Gasteiger partial charge on any atom is -0.381 e. The van der Waals surface area contributed by atoms with E-state index in [1.54, 1.807) is 0 Å². The predicted molar refractivity (Wildman–Crippen MR) is 67.7 cm³/mol. The van der Waals surface area contributed by atoms with Gasteiger partial charge in [0.25, 0.3) is 0 Å². The topological polar surface area (TPSA) is 35.5 Å². The summed E-state index contributed by atoms with van der Waals surface area (Å²) in [6, 6.07) is 3.84. The highest BCUT2D eigenvalue weighted by molar-refractivity contribution is 7.14. The van der Waals surface area contributed by atoms with Crippen LogP contribution in [0.2, 0.25) is 0 Å². The lowest BCUT2D eigenvalue weighted by atomic mass is 10.0. The van der Waals surface area contributed by atoms with Gasteiger partial charge in [0.1, 0.15) is 6.61 Å². The second-order valence-corrected chi connectivity index (χ2v) is 5.69. The maximum absolute atomic E-state index is 11.8. The van der Waals surface area contributed by atoms with E-state index in [1.165, 1.54) is 11.3 Å². The number of carbonyl (C=O) groups excluding carboxylic acids is 1. The van der Waals surface area contributed by atoms with Gasteiger partial charge in [-0.15, -0.1) is 11.3 Å². The van der Waals surface area contributed by atoms with E-state index in [9.17, 15) is 4.79 Å². The van der Waals surface area contributed by atoms with E-state index in [0.717, 1.165) is 35.8 Å². The van der Waals surface area contributed by atoms with Crippen molar-refractivity contribution in [3.63, 3.8) is 0 Å². The summed E-state index contributed by atoms with van der Waals surface area (Å²) < 4.78 is 10.8. The molecule has 1 saturated heterocycles. The highest BCUT2D eigenvalue weighted by Gasteiger charge is 2.15. The molecular weight excluding hydrogens is 236 g/mol. The monoisotopic (exact) mass is 254 g/mol. The van der Waals surface area contributed by atoms with E-state index in [1.807, 2.05) is 19.1 Å². The van der Waals surface area contributed by atoms with E-state index < -0.39 is 0 Å². The van der Waals surface area contributed by atoms with Gasteiger partial charge >= 0.3 is 0 Å². The van der Waals surface area contributed by atoms with Crippen LogP contribution in [-0.2, 0) is 9.47 Å². The smallest absolute Gasteiger partial charge is 0.198 e. The molecule has 0 radical (unpaired) electrons. The van der Waals surface area contributed by atoms with Gasteiger partial charge in [0.2, 0.25) is 0 Å². The Balaban J connectivity index is 1.69. The van der Waals surface area contributed by atoms with Crippen LogP contribution in [0.3, 0.4) is 0 Å². The Morgan fingerprint density at radius 2 is 2.24 bits per heavy atom. The largest absolute Gasteiger partial charge is 0.381 e. The third-order valence-corrected chi connectivity index (χ3v) is 3.98. The van der Waals surface area contributed by atoms with Crippen LogP contribution >= 0.6 is 11.3 Å². The number of hydrogen-bond acceptors (Lipinski definition) is 4. The number of hydrogen-bond donors (Lipinski definition) is 0. The SMILES string of the molecule is Cc1ccc(C(=O)COCC2CCOCC2)s1. The van der Waals surface area contributed by atoms with Crippen molar-refractivity contribution in [3.05, 3.63) is 21.9 Å². The van der Waals surface area contributed by atoms with E-state index in [4.69, 9.17) is 9.47 Å². The summed E-state index contributed by atoms with van der Waals surface area (Å²) in [7, 11) is 0. The van der Waals surface area contributed by atoms with Crippen molar-refractivity contribution in [1.29, 1.82) is 0 Å². The van der Waals surface area contributed by atoms with Crippen LogP contribution in [-0.4, -0.2) is 32.2 Å². The molecular formula is C13H18O3S. The van der Waals surface area contributed by atoms with E-state index in [0.29, 0.717) is 12.5 Å². The van der Waals surface area contributed by atoms with Crippen LogP contribution in [0.15, 0.2) is 12.1 Å². The van der Waals surface area contributed by atoms with Crippen LogP contribution in [0.25, 0.3) is 0 Å².